The Morgan fingerprint density at radius 3 is 2.47 bits per heavy atom. The summed E-state index contributed by atoms with van der Waals surface area (Å²) in [6.07, 6.45) is 0. The number of aryl methyl sites for hydroxylation is 2. The lowest BCUT2D eigenvalue weighted by molar-refractivity contribution is 0.147. The van der Waals surface area contributed by atoms with E-state index in [0.29, 0.717) is 5.92 Å². The highest BCUT2D eigenvalue weighted by Crippen LogP contribution is 2.22. The van der Waals surface area contributed by atoms with E-state index in [1.165, 1.54) is 29.8 Å². The summed E-state index contributed by atoms with van der Waals surface area (Å²) < 4.78 is 0. The van der Waals surface area contributed by atoms with Gasteiger partial charge in [-0.05, 0) is 32.0 Å². The van der Waals surface area contributed by atoms with Gasteiger partial charge in [0.25, 0.3) is 0 Å². The van der Waals surface area contributed by atoms with Crippen LogP contribution in [0.25, 0.3) is 0 Å². The van der Waals surface area contributed by atoms with Crippen molar-refractivity contribution in [2.24, 2.45) is 5.73 Å². The van der Waals surface area contributed by atoms with E-state index in [1.807, 2.05) is 0 Å². The molecule has 1 aromatic carbocycles. The van der Waals surface area contributed by atoms with E-state index >= 15 is 0 Å². The van der Waals surface area contributed by atoms with Crippen molar-refractivity contribution >= 4 is 0 Å². The quantitative estimate of drug-likeness (QED) is 0.893. The van der Waals surface area contributed by atoms with Crippen LogP contribution in [-0.4, -0.2) is 56.1 Å². The minimum absolute atomic E-state index is 0.461. The van der Waals surface area contributed by atoms with Gasteiger partial charge in [-0.25, -0.2) is 0 Å². The standard InChI is InChI=1S/C16H27N3/c1-13-4-5-14(2)16(10-13)15(11-17)12-19-8-6-18(3)7-9-19/h4-5,10,15H,6-9,11-12,17H2,1-3H3. The fraction of sp³-hybridized carbons (Fsp3) is 0.625. The number of hydrogen-bond acceptors (Lipinski definition) is 3. The topological polar surface area (TPSA) is 32.5 Å². The van der Waals surface area contributed by atoms with E-state index in [0.717, 1.165) is 26.2 Å². The summed E-state index contributed by atoms with van der Waals surface area (Å²) in [6, 6.07) is 6.71. The first-order chi connectivity index (χ1) is 9.10. The maximum Gasteiger partial charge on any atom is 0.0110 e. The average molecular weight is 261 g/mol. The molecule has 2 N–H and O–H groups in total. The first-order valence-corrected chi connectivity index (χ1v) is 7.28. The predicted molar refractivity (Wildman–Crippen MR) is 81.6 cm³/mol. The number of benzene rings is 1. The Bertz CT molecular complexity index is 408. The Balaban J connectivity index is 2.05. The maximum atomic E-state index is 6.03. The zero-order chi connectivity index (χ0) is 13.8. The normalized spacial score (nSPS) is 19.6. The number of piperazine rings is 1. The van der Waals surface area contributed by atoms with Gasteiger partial charge in [0.1, 0.15) is 0 Å². The van der Waals surface area contributed by atoms with Crippen molar-refractivity contribution in [3.8, 4) is 0 Å². The van der Waals surface area contributed by atoms with E-state index in [1.54, 1.807) is 0 Å². The van der Waals surface area contributed by atoms with E-state index < -0.39 is 0 Å². The summed E-state index contributed by atoms with van der Waals surface area (Å²) in [7, 11) is 2.20. The molecule has 0 spiro atoms. The second-order valence-corrected chi connectivity index (χ2v) is 5.90. The number of rotatable bonds is 4. The zero-order valence-corrected chi connectivity index (χ0v) is 12.5. The van der Waals surface area contributed by atoms with Crippen molar-refractivity contribution in [2.45, 2.75) is 19.8 Å². The van der Waals surface area contributed by atoms with Gasteiger partial charge in [0.15, 0.2) is 0 Å². The van der Waals surface area contributed by atoms with Gasteiger partial charge in [-0.1, -0.05) is 23.8 Å². The number of nitrogens with zero attached hydrogens (tertiary/aromatic N) is 2. The Morgan fingerprint density at radius 2 is 1.84 bits per heavy atom. The van der Waals surface area contributed by atoms with Crippen molar-refractivity contribution in [1.82, 2.24) is 9.80 Å². The average Bonchev–Trinajstić information content (AvgIpc) is 2.41. The Kier molecular flexibility index (Phi) is 4.97. The van der Waals surface area contributed by atoms with Crippen LogP contribution in [0.2, 0.25) is 0 Å². The van der Waals surface area contributed by atoms with Gasteiger partial charge in [0.05, 0.1) is 0 Å². The van der Waals surface area contributed by atoms with Crippen LogP contribution in [0, 0.1) is 13.8 Å². The molecule has 1 aliphatic heterocycles. The highest BCUT2D eigenvalue weighted by Gasteiger charge is 2.19. The summed E-state index contributed by atoms with van der Waals surface area (Å²) in [5, 5.41) is 0. The van der Waals surface area contributed by atoms with Crippen LogP contribution >= 0.6 is 0 Å². The van der Waals surface area contributed by atoms with Gasteiger partial charge >= 0.3 is 0 Å². The molecule has 0 amide bonds. The summed E-state index contributed by atoms with van der Waals surface area (Å²) in [6.45, 7) is 10.9. The van der Waals surface area contributed by atoms with Gasteiger partial charge < -0.3 is 15.5 Å². The Hall–Kier alpha value is -0.900. The smallest absolute Gasteiger partial charge is 0.0110 e. The molecule has 1 aromatic rings. The van der Waals surface area contributed by atoms with Crippen molar-refractivity contribution in [1.29, 1.82) is 0 Å². The summed E-state index contributed by atoms with van der Waals surface area (Å²) in [5.41, 5.74) is 10.2. The van der Waals surface area contributed by atoms with Crippen LogP contribution in [0.1, 0.15) is 22.6 Å². The molecular formula is C16H27N3. The second-order valence-electron chi connectivity index (χ2n) is 5.90. The van der Waals surface area contributed by atoms with Crippen molar-refractivity contribution in [3.63, 3.8) is 0 Å². The lowest BCUT2D eigenvalue weighted by atomic mass is 9.92. The summed E-state index contributed by atoms with van der Waals surface area (Å²) in [5.74, 6) is 0.461. The van der Waals surface area contributed by atoms with Gasteiger partial charge in [0, 0.05) is 45.2 Å². The van der Waals surface area contributed by atoms with Crippen molar-refractivity contribution < 1.29 is 0 Å². The highest BCUT2D eigenvalue weighted by atomic mass is 15.2. The molecule has 0 bridgehead atoms. The lowest BCUT2D eigenvalue weighted by Crippen LogP contribution is -2.46. The van der Waals surface area contributed by atoms with E-state index in [9.17, 15) is 0 Å². The van der Waals surface area contributed by atoms with Gasteiger partial charge in [-0.15, -0.1) is 0 Å². The second kappa shape index (κ2) is 6.51. The van der Waals surface area contributed by atoms with Gasteiger partial charge in [-0.2, -0.15) is 0 Å². The molecular weight excluding hydrogens is 234 g/mol. The van der Waals surface area contributed by atoms with Crippen LogP contribution in [0.3, 0.4) is 0 Å². The lowest BCUT2D eigenvalue weighted by Gasteiger charge is -2.34. The fourth-order valence-corrected chi connectivity index (χ4v) is 2.84. The van der Waals surface area contributed by atoms with Crippen LogP contribution in [0.4, 0.5) is 0 Å². The molecule has 2 rings (SSSR count). The van der Waals surface area contributed by atoms with Gasteiger partial charge in [-0.3, -0.25) is 0 Å². The monoisotopic (exact) mass is 261 g/mol. The van der Waals surface area contributed by atoms with Gasteiger partial charge in [0.2, 0.25) is 0 Å². The minimum Gasteiger partial charge on any atom is -0.330 e. The van der Waals surface area contributed by atoms with E-state index in [-0.39, 0.29) is 0 Å². The minimum atomic E-state index is 0.461. The van der Waals surface area contributed by atoms with Crippen LogP contribution in [-0.2, 0) is 0 Å². The Labute approximate surface area is 117 Å². The Morgan fingerprint density at radius 1 is 1.16 bits per heavy atom. The molecule has 3 heteroatoms. The van der Waals surface area contributed by atoms with Crippen molar-refractivity contribution in [3.05, 3.63) is 34.9 Å². The molecule has 1 saturated heterocycles. The fourth-order valence-electron chi connectivity index (χ4n) is 2.84. The molecule has 0 radical (unpaired) electrons. The predicted octanol–water partition coefficient (Wildman–Crippen LogP) is 1.59. The van der Waals surface area contributed by atoms with Crippen LogP contribution in [0.5, 0.6) is 0 Å². The molecule has 1 aliphatic rings. The van der Waals surface area contributed by atoms with Crippen LogP contribution in [0.15, 0.2) is 18.2 Å². The summed E-state index contributed by atoms with van der Waals surface area (Å²) >= 11 is 0. The molecule has 106 valence electrons. The molecule has 1 heterocycles. The number of likely N-dealkylation sites (N-methyl/N-ethyl adjacent to an activating group) is 1. The SMILES string of the molecule is Cc1ccc(C)c(C(CN)CN2CCN(C)CC2)c1. The highest BCUT2D eigenvalue weighted by molar-refractivity contribution is 5.33. The van der Waals surface area contributed by atoms with E-state index in [2.05, 4.69) is 48.9 Å². The molecule has 0 aliphatic carbocycles. The van der Waals surface area contributed by atoms with Crippen molar-refractivity contribution in [2.75, 3.05) is 46.3 Å². The molecule has 0 aromatic heterocycles. The third-order valence-corrected chi connectivity index (χ3v) is 4.23. The summed E-state index contributed by atoms with van der Waals surface area (Å²) in [4.78, 5) is 4.95. The molecule has 0 saturated carbocycles. The number of nitrogens with two attached hydrogens (primary N) is 1. The third kappa shape index (κ3) is 3.78. The molecule has 1 unspecified atom stereocenters. The molecule has 3 nitrogen and oxygen atoms in total. The third-order valence-electron chi connectivity index (χ3n) is 4.23. The first-order valence-electron chi connectivity index (χ1n) is 7.28. The largest absolute Gasteiger partial charge is 0.330 e. The first kappa shape index (κ1) is 14.5. The maximum absolute atomic E-state index is 6.03. The zero-order valence-electron chi connectivity index (χ0n) is 12.5. The van der Waals surface area contributed by atoms with E-state index in [4.69, 9.17) is 5.73 Å². The number of hydrogen-bond donors (Lipinski definition) is 1. The molecule has 1 fully saturated rings. The van der Waals surface area contributed by atoms with Crippen LogP contribution < -0.4 is 5.73 Å². The molecule has 19 heavy (non-hydrogen) atoms. The molecule has 1 atom stereocenters.